The van der Waals surface area contributed by atoms with Crippen LogP contribution < -0.4 is 16.9 Å². The summed E-state index contributed by atoms with van der Waals surface area (Å²) < 4.78 is 5.12. The van der Waals surface area contributed by atoms with Gasteiger partial charge < -0.3 is 16.2 Å². The van der Waals surface area contributed by atoms with Gasteiger partial charge in [-0.1, -0.05) is 6.07 Å². The fourth-order valence-electron chi connectivity index (χ4n) is 1.89. The first-order valence-corrected chi connectivity index (χ1v) is 6.66. The molecule has 0 saturated heterocycles. The van der Waals surface area contributed by atoms with Crippen LogP contribution in [0.3, 0.4) is 0 Å². The van der Waals surface area contributed by atoms with Crippen LogP contribution in [0.2, 0.25) is 0 Å². The molecule has 6 nitrogen and oxygen atoms in total. The Morgan fingerprint density at radius 1 is 1.18 bits per heavy atom. The maximum Gasteiger partial charge on any atom is 0.271 e. The Hall–Kier alpha value is -2.86. The summed E-state index contributed by atoms with van der Waals surface area (Å²) in [6, 6.07) is 12.0. The molecular weight excluding hydrogens is 280 g/mol. The number of carbonyl (C=O) groups excluding carboxylic acids is 1. The van der Waals surface area contributed by atoms with Gasteiger partial charge in [-0.15, -0.1) is 0 Å². The van der Waals surface area contributed by atoms with Gasteiger partial charge in [-0.2, -0.15) is 5.10 Å². The normalized spacial score (nSPS) is 10.8. The van der Waals surface area contributed by atoms with Crippen LogP contribution in [-0.4, -0.2) is 19.2 Å². The van der Waals surface area contributed by atoms with Crippen LogP contribution >= 0.6 is 0 Å². The Bertz CT molecular complexity index is 681. The Labute approximate surface area is 128 Å². The lowest BCUT2D eigenvalue weighted by Gasteiger charge is -2.06. The number of methoxy groups -OCH3 is 1. The molecule has 0 atom stereocenters. The molecule has 2 rings (SSSR count). The van der Waals surface area contributed by atoms with Gasteiger partial charge in [-0.25, -0.2) is 5.43 Å². The van der Waals surface area contributed by atoms with Crippen molar-refractivity contribution in [1.82, 2.24) is 5.43 Å². The zero-order chi connectivity index (χ0) is 15.9. The van der Waals surface area contributed by atoms with Gasteiger partial charge in [0.1, 0.15) is 0 Å². The molecule has 6 heteroatoms. The number of rotatable bonds is 5. The lowest BCUT2D eigenvalue weighted by atomic mass is 10.1. The summed E-state index contributed by atoms with van der Waals surface area (Å²) >= 11 is 0. The highest BCUT2D eigenvalue weighted by Gasteiger charge is 2.04. The summed E-state index contributed by atoms with van der Waals surface area (Å²) in [7, 11) is 1.60. The van der Waals surface area contributed by atoms with Gasteiger partial charge in [0.05, 0.1) is 12.8 Å². The molecule has 22 heavy (non-hydrogen) atoms. The number of amides is 1. The van der Waals surface area contributed by atoms with Crippen LogP contribution in [0.5, 0.6) is 0 Å². The van der Waals surface area contributed by atoms with E-state index in [1.165, 1.54) is 0 Å². The van der Waals surface area contributed by atoms with E-state index in [4.69, 9.17) is 16.2 Å². The highest BCUT2D eigenvalue weighted by Crippen LogP contribution is 2.13. The standard InChI is InChI=1S/C16H18N4O2/c1-22-10-13-8-15(18)7-4-12(13)9-19-20-16(21)11-2-5-14(17)6-3-11/h2-9H,10,17-18H2,1H3,(H,20,21)/b19-9+. The maximum absolute atomic E-state index is 11.9. The maximum atomic E-state index is 11.9. The summed E-state index contributed by atoms with van der Waals surface area (Å²) in [5.74, 6) is -0.306. The van der Waals surface area contributed by atoms with Crippen molar-refractivity contribution in [3.63, 3.8) is 0 Å². The predicted octanol–water partition coefficient (Wildman–Crippen LogP) is 1.76. The molecule has 2 aromatic rings. The van der Waals surface area contributed by atoms with Crippen LogP contribution in [0.15, 0.2) is 47.6 Å². The van der Waals surface area contributed by atoms with E-state index in [2.05, 4.69) is 10.5 Å². The number of carbonyl (C=O) groups is 1. The van der Waals surface area contributed by atoms with Gasteiger partial charge in [0.25, 0.3) is 5.91 Å². The Morgan fingerprint density at radius 2 is 1.86 bits per heavy atom. The lowest BCUT2D eigenvalue weighted by Crippen LogP contribution is -2.17. The minimum Gasteiger partial charge on any atom is -0.399 e. The second-order valence-corrected chi connectivity index (χ2v) is 4.71. The molecule has 0 bridgehead atoms. The number of nitrogens with zero attached hydrogens (tertiary/aromatic N) is 1. The first-order valence-electron chi connectivity index (χ1n) is 6.66. The highest BCUT2D eigenvalue weighted by atomic mass is 16.5. The van der Waals surface area contributed by atoms with Crippen molar-refractivity contribution in [1.29, 1.82) is 0 Å². The molecule has 0 aromatic heterocycles. The van der Waals surface area contributed by atoms with Crippen molar-refractivity contribution in [2.45, 2.75) is 6.61 Å². The molecule has 0 unspecified atom stereocenters. The van der Waals surface area contributed by atoms with Crippen molar-refractivity contribution < 1.29 is 9.53 Å². The number of nitrogen functional groups attached to an aromatic ring is 2. The average molecular weight is 298 g/mol. The monoisotopic (exact) mass is 298 g/mol. The van der Waals surface area contributed by atoms with Crippen LogP contribution in [0.25, 0.3) is 0 Å². The number of ether oxygens (including phenoxy) is 1. The van der Waals surface area contributed by atoms with Crippen LogP contribution in [0.1, 0.15) is 21.5 Å². The third kappa shape index (κ3) is 4.07. The number of nitrogens with one attached hydrogen (secondary N) is 1. The topological polar surface area (TPSA) is 103 Å². The number of hydrogen-bond acceptors (Lipinski definition) is 5. The van der Waals surface area contributed by atoms with E-state index in [0.717, 1.165) is 11.1 Å². The smallest absolute Gasteiger partial charge is 0.271 e. The minimum atomic E-state index is -0.306. The van der Waals surface area contributed by atoms with Crippen molar-refractivity contribution in [3.8, 4) is 0 Å². The largest absolute Gasteiger partial charge is 0.399 e. The lowest BCUT2D eigenvalue weighted by molar-refractivity contribution is 0.0955. The summed E-state index contributed by atoms with van der Waals surface area (Å²) in [6.45, 7) is 0.415. The second kappa shape index (κ2) is 7.24. The predicted molar refractivity (Wildman–Crippen MR) is 87.5 cm³/mol. The van der Waals surface area contributed by atoms with Gasteiger partial charge in [-0.05, 0) is 42.0 Å². The van der Waals surface area contributed by atoms with E-state index >= 15 is 0 Å². The van der Waals surface area contributed by atoms with E-state index in [9.17, 15) is 4.79 Å². The Kier molecular flexibility index (Phi) is 5.11. The van der Waals surface area contributed by atoms with Crippen molar-refractivity contribution >= 4 is 23.5 Å². The molecule has 0 heterocycles. The molecule has 2 aromatic carbocycles. The number of hydrogen-bond donors (Lipinski definition) is 3. The van der Waals surface area contributed by atoms with Crippen LogP contribution in [0.4, 0.5) is 11.4 Å². The highest BCUT2D eigenvalue weighted by molar-refractivity contribution is 5.95. The molecule has 0 saturated carbocycles. The van der Waals surface area contributed by atoms with E-state index in [-0.39, 0.29) is 5.91 Å². The summed E-state index contributed by atoms with van der Waals surface area (Å²) in [4.78, 5) is 11.9. The van der Waals surface area contributed by atoms with Crippen molar-refractivity contribution in [2.24, 2.45) is 5.10 Å². The first kappa shape index (κ1) is 15.5. The fraction of sp³-hybridized carbons (Fsp3) is 0.125. The van der Waals surface area contributed by atoms with Gasteiger partial charge in [0, 0.05) is 29.6 Å². The zero-order valence-electron chi connectivity index (χ0n) is 12.2. The Morgan fingerprint density at radius 3 is 2.55 bits per heavy atom. The summed E-state index contributed by atoms with van der Waals surface area (Å²) in [5.41, 5.74) is 17.2. The molecule has 0 aliphatic carbocycles. The molecule has 0 aliphatic rings. The number of benzene rings is 2. The minimum absolute atomic E-state index is 0.306. The Balaban J connectivity index is 2.06. The van der Waals surface area contributed by atoms with E-state index in [1.807, 2.05) is 12.1 Å². The van der Waals surface area contributed by atoms with E-state index < -0.39 is 0 Å². The van der Waals surface area contributed by atoms with Gasteiger partial charge in [0.15, 0.2) is 0 Å². The SMILES string of the molecule is COCc1cc(N)ccc1/C=N/NC(=O)c1ccc(N)cc1. The van der Waals surface area contributed by atoms with Gasteiger partial charge >= 0.3 is 0 Å². The number of hydrazone groups is 1. The molecule has 0 radical (unpaired) electrons. The van der Waals surface area contributed by atoms with Crippen LogP contribution in [0, 0.1) is 0 Å². The summed E-state index contributed by atoms with van der Waals surface area (Å²) in [6.07, 6.45) is 1.56. The summed E-state index contributed by atoms with van der Waals surface area (Å²) in [5, 5.41) is 3.96. The van der Waals surface area contributed by atoms with Gasteiger partial charge in [0.2, 0.25) is 0 Å². The number of nitrogens with two attached hydrogens (primary N) is 2. The average Bonchev–Trinajstić information content (AvgIpc) is 2.50. The van der Waals surface area contributed by atoms with Gasteiger partial charge in [-0.3, -0.25) is 4.79 Å². The number of anilines is 2. The molecule has 0 fully saturated rings. The fourth-order valence-corrected chi connectivity index (χ4v) is 1.89. The molecule has 5 N–H and O–H groups in total. The molecule has 0 spiro atoms. The van der Waals surface area contributed by atoms with Crippen molar-refractivity contribution in [2.75, 3.05) is 18.6 Å². The molecule has 114 valence electrons. The molecule has 0 aliphatic heterocycles. The van der Waals surface area contributed by atoms with Crippen LogP contribution in [-0.2, 0) is 11.3 Å². The quantitative estimate of drug-likeness (QED) is 0.444. The third-order valence-corrected chi connectivity index (χ3v) is 3.01. The zero-order valence-corrected chi connectivity index (χ0v) is 12.2. The van der Waals surface area contributed by atoms with E-state index in [0.29, 0.717) is 23.5 Å². The molecular formula is C16H18N4O2. The second-order valence-electron chi connectivity index (χ2n) is 4.71. The van der Waals surface area contributed by atoms with E-state index in [1.54, 1.807) is 43.7 Å². The van der Waals surface area contributed by atoms with Crippen molar-refractivity contribution in [3.05, 3.63) is 59.2 Å². The third-order valence-electron chi connectivity index (χ3n) is 3.01. The molecule has 1 amide bonds. The first-order chi connectivity index (χ1) is 10.6.